The maximum atomic E-state index is 15.4. The normalized spacial score (nSPS) is 12.3. The standard InChI is InChI=1S/C31H27F2N5O2.C27H19BrF2N4O/c1-19-29(24-8-5-6-10-34-24)36-25-16-20(32)15-23(33)28(25)30(19)37-26-17-21(38-11-13-40-14-12-38)18-35-31(26)22-7-3-4-9-27(22)39-2;1-15-25(20-8-5-6-10-31-20)33-21-13-17(29)12-19(30)24(21)26(15)34-22-11-16(28)14-32-27(22)18-7-3-4-9-23(18)35-2/h3-10,15-18H,11-14H2,1-2H3,(H,36,37);3-14H,1-2H3,(H,33,34). The first-order valence-electron chi connectivity index (χ1n) is 23.7. The summed E-state index contributed by atoms with van der Waals surface area (Å²) >= 11 is 3.48. The number of aromatic nitrogens is 6. The number of halogens is 5. The number of fused-ring (bicyclic) bond motifs is 2. The summed E-state index contributed by atoms with van der Waals surface area (Å²) in [7, 11) is 3.20. The van der Waals surface area contributed by atoms with Gasteiger partial charge in [-0.1, -0.05) is 36.4 Å². The van der Waals surface area contributed by atoms with Crippen LogP contribution in [0.5, 0.6) is 11.5 Å². The minimum Gasteiger partial charge on any atom is -0.496 e. The number of pyridine rings is 6. The second-order valence-corrected chi connectivity index (χ2v) is 18.2. The summed E-state index contributed by atoms with van der Waals surface area (Å²) in [5.41, 5.74) is 9.74. The van der Waals surface area contributed by atoms with E-state index >= 15 is 8.78 Å². The Morgan fingerprint density at radius 3 is 1.49 bits per heavy atom. The number of hydrogen-bond acceptors (Lipinski definition) is 12. The van der Waals surface area contributed by atoms with E-state index in [-0.39, 0.29) is 21.8 Å². The van der Waals surface area contributed by atoms with E-state index < -0.39 is 23.3 Å². The smallest absolute Gasteiger partial charge is 0.137 e. The molecular formula is C58H46BrF4N9O3. The Kier molecular flexibility index (Phi) is 14.6. The summed E-state index contributed by atoms with van der Waals surface area (Å²) in [6.07, 6.45) is 6.82. The third-order valence-corrected chi connectivity index (χ3v) is 13.1. The predicted molar refractivity (Wildman–Crippen MR) is 289 cm³/mol. The fourth-order valence-corrected chi connectivity index (χ4v) is 9.42. The monoisotopic (exact) mass is 1070 g/mol. The minimum absolute atomic E-state index is 0.175. The average Bonchev–Trinajstić information content (AvgIpc) is 3.43. The van der Waals surface area contributed by atoms with E-state index in [2.05, 4.69) is 56.4 Å². The predicted octanol–water partition coefficient (Wildman–Crippen LogP) is 14.0. The molecule has 6 aromatic heterocycles. The van der Waals surface area contributed by atoms with Gasteiger partial charge in [0, 0.05) is 82.7 Å². The van der Waals surface area contributed by atoms with Crippen LogP contribution in [0, 0.1) is 37.1 Å². The summed E-state index contributed by atoms with van der Waals surface area (Å²) in [6.45, 7) is 6.37. The van der Waals surface area contributed by atoms with Crippen LogP contribution in [0.4, 0.5) is 46.0 Å². The Balaban J connectivity index is 0.000000173. The molecule has 17 heteroatoms. The Labute approximate surface area is 437 Å². The van der Waals surface area contributed by atoms with Gasteiger partial charge >= 0.3 is 0 Å². The number of nitrogens with one attached hydrogen (secondary N) is 2. The van der Waals surface area contributed by atoms with Crippen LogP contribution in [-0.2, 0) is 4.74 Å². The van der Waals surface area contributed by atoms with Gasteiger partial charge in [0.1, 0.15) is 34.8 Å². The van der Waals surface area contributed by atoms with Crippen molar-refractivity contribution in [2.24, 2.45) is 0 Å². The Morgan fingerprint density at radius 1 is 0.547 bits per heavy atom. The fraction of sp³-hybridized carbons (Fsp3) is 0.138. The van der Waals surface area contributed by atoms with Crippen molar-refractivity contribution < 1.29 is 31.8 Å². The van der Waals surface area contributed by atoms with Crippen LogP contribution in [-0.4, -0.2) is 70.4 Å². The van der Waals surface area contributed by atoms with Gasteiger partial charge in [0.25, 0.3) is 0 Å². The summed E-state index contributed by atoms with van der Waals surface area (Å²) in [4.78, 5) is 29.7. The lowest BCUT2D eigenvalue weighted by molar-refractivity contribution is 0.122. The molecule has 7 heterocycles. The van der Waals surface area contributed by atoms with Gasteiger partial charge in [-0.3, -0.25) is 19.9 Å². The second kappa shape index (κ2) is 21.9. The van der Waals surface area contributed by atoms with E-state index in [1.807, 2.05) is 105 Å². The molecule has 10 aromatic rings. The Morgan fingerprint density at radius 2 is 1.01 bits per heavy atom. The number of hydrogen-bond donors (Lipinski definition) is 2. The van der Waals surface area contributed by atoms with E-state index in [9.17, 15) is 8.78 Å². The van der Waals surface area contributed by atoms with Gasteiger partial charge < -0.3 is 29.7 Å². The molecule has 11 rings (SSSR count). The average molecular weight is 1070 g/mol. The van der Waals surface area contributed by atoms with Crippen LogP contribution in [0.2, 0.25) is 0 Å². The summed E-state index contributed by atoms with van der Waals surface area (Å²) < 4.78 is 76.6. The van der Waals surface area contributed by atoms with Crippen LogP contribution in [0.25, 0.3) is 67.1 Å². The molecular weight excluding hydrogens is 1030 g/mol. The molecule has 0 radical (unpaired) electrons. The summed E-state index contributed by atoms with van der Waals surface area (Å²) in [5.74, 6) is -1.54. The molecule has 1 aliphatic rings. The van der Waals surface area contributed by atoms with Gasteiger partial charge in [-0.2, -0.15) is 0 Å². The van der Waals surface area contributed by atoms with Crippen molar-refractivity contribution in [2.75, 3.05) is 56.1 Å². The lowest BCUT2D eigenvalue weighted by atomic mass is 10.0. The van der Waals surface area contributed by atoms with Crippen molar-refractivity contribution in [2.45, 2.75) is 13.8 Å². The molecule has 1 fully saturated rings. The van der Waals surface area contributed by atoms with Gasteiger partial charge in [-0.05, 0) is 90.4 Å². The lowest BCUT2D eigenvalue weighted by Gasteiger charge is -2.29. The van der Waals surface area contributed by atoms with Gasteiger partial charge in [0.2, 0.25) is 0 Å². The van der Waals surface area contributed by atoms with E-state index in [0.717, 1.165) is 46.5 Å². The highest BCUT2D eigenvalue weighted by atomic mass is 79.9. The first kappa shape index (κ1) is 50.0. The molecule has 0 amide bonds. The first-order chi connectivity index (χ1) is 36.5. The topological polar surface area (TPSA) is 132 Å². The maximum Gasteiger partial charge on any atom is 0.137 e. The lowest BCUT2D eigenvalue weighted by Crippen LogP contribution is -2.36. The summed E-state index contributed by atoms with van der Waals surface area (Å²) in [6, 6.07) is 34.0. The quantitative estimate of drug-likeness (QED) is 0.120. The first-order valence-corrected chi connectivity index (χ1v) is 24.5. The van der Waals surface area contributed by atoms with Crippen LogP contribution >= 0.6 is 15.9 Å². The van der Waals surface area contributed by atoms with Crippen molar-refractivity contribution in [1.29, 1.82) is 0 Å². The van der Waals surface area contributed by atoms with E-state index in [4.69, 9.17) is 19.2 Å². The molecule has 12 nitrogen and oxygen atoms in total. The van der Waals surface area contributed by atoms with Crippen LogP contribution in [0.3, 0.4) is 0 Å². The number of anilines is 5. The van der Waals surface area contributed by atoms with E-state index in [0.29, 0.717) is 92.8 Å². The van der Waals surface area contributed by atoms with E-state index in [1.54, 1.807) is 44.9 Å². The highest BCUT2D eigenvalue weighted by Crippen LogP contribution is 2.43. The SMILES string of the molecule is COc1ccccc1-c1ncc(Br)cc1Nc1c(C)c(-c2ccccn2)nc2cc(F)cc(F)c12.COc1ccccc1-c1ncc(N2CCOCC2)cc1Nc1c(C)c(-c2ccccn2)nc2cc(F)cc(F)c12. The molecule has 1 aliphatic heterocycles. The van der Waals surface area contributed by atoms with Crippen LogP contribution in [0.1, 0.15) is 11.1 Å². The van der Waals surface area contributed by atoms with Gasteiger partial charge in [0.15, 0.2) is 0 Å². The highest BCUT2D eigenvalue weighted by molar-refractivity contribution is 9.10. The molecule has 0 unspecified atom stereocenters. The molecule has 0 spiro atoms. The third kappa shape index (κ3) is 10.4. The number of rotatable bonds is 11. The number of methoxy groups -OCH3 is 2. The molecule has 2 N–H and O–H groups in total. The third-order valence-electron chi connectivity index (χ3n) is 12.7. The minimum atomic E-state index is -0.715. The van der Waals surface area contributed by atoms with Crippen molar-refractivity contribution in [1.82, 2.24) is 29.9 Å². The zero-order chi connectivity index (χ0) is 52.2. The zero-order valence-corrected chi connectivity index (χ0v) is 42.5. The van der Waals surface area contributed by atoms with Crippen molar-refractivity contribution in [3.8, 4) is 56.8 Å². The zero-order valence-electron chi connectivity index (χ0n) is 40.9. The number of nitrogens with zero attached hydrogens (tertiary/aromatic N) is 7. The Bertz CT molecular complexity index is 3740. The molecule has 0 atom stereocenters. The second-order valence-electron chi connectivity index (χ2n) is 17.3. The number of ether oxygens (including phenoxy) is 3. The van der Waals surface area contributed by atoms with Crippen molar-refractivity contribution in [3.63, 3.8) is 0 Å². The van der Waals surface area contributed by atoms with E-state index in [1.165, 1.54) is 12.1 Å². The Hall–Kier alpha value is -8.54. The number of benzene rings is 4. The molecule has 0 saturated carbocycles. The number of para-hydroxylation sites is 2. The van der Waals surface area contributed by atoms with Crippen LogP contribution < -0.4 is 25.0 Å². The number of morpholine rings is 1. The maximum absolute atomic E-state index is 15.4. The van der Waals surface area contributed by atoms with Crippen molar-refractivity contribution >= 4 is 66.2 Å². The highest BCUT2D eigenvalue weighted by Gasteiger charge is 2.24. The van der Waals surface area contributed by atoms with Gasteiger partial charge in [-0.15, -0.1) is 0 Å². The summed E-state index contributed by atoms with van der Waals surface area (Å²) in [5, 5.41) is 7.20. The van der Waals surface area contributed by atoms with Gasteiger partial charge in [0.05, 0.1) is 118 Å². The molecule has 4 aromatic carbocycles. The van der Waals surface area contributed by atoms with Gasteiger partial charge in [-0.25, -0.2) is 27.5 Å². The van der Waals surface area contributed by atoms with Crippen LogP contribution in [0.15, 0.2) is 151 Å². The molecule has 1 saturated heterocycles. The molecule has 0 aliphatic carbocycles. The molecule has 376 valence electrons. The fourth-order valence-electron chi connectivity index (χ4n) is 9.09. The molecule has 75 heavy (non-hydrogen) atoms. The molecule has 0 bridgehead atoms. The largest absolute Gasteiger partial charge is 0.496 e. The van der Waals surface area contributed by atoms with Crippen molar-refractivity contribution in [3.05, 3.63) is 185 Å².